The van der Waals surface area contributed by atoms with E-state index in [1.165, 1.54) is 30.5 Å². The minimum absolute atomic E-state index is 0.0587. The van der Waals surface area contributed by atoms with Crippen LogP contribution < -0.4 is 11.1 Å². The highest BCUT2D eigenvalue weighted by Crippen LogP contribution is 2.22. The van der Waals surface area contributed by atoms with E-state index in [2.05, 4.69) is 10.5 Å². The van der Waals surface area contributed by atoms with E-state index in [0.29, 0.717) is 22.1 Å². The van der Waals surface area contributed by atoms with Crippen LogP contribution in [0.4, 0.5) is 5.69 Å². The number of benzene rings is 2. The monoisotopic (exact) mass is 379 g/mol. The van der Waals surface area contributed by atoms with Gasteiger partial charge in [-0.05, 0) is 42.7 Å². The number of hydrazone groups is 1. The van der Waals surface area contributed by atoms with Gasteiger partial charge in [0, 0.05) is 29.1 Å². The third-order valence-corrected chi connectivity index (χ3v) is 4.28. The summed E-state index contributed by atoms with van der Waals surface area (Å²) < 4.78 is 5.22. The first-order valence-electron chi connectivity index (χ1n) is 8.44. The van der Waals surface area contributed by atoms with Crippen LogP contribution in [0.1, 0.15) is 22.3 Å². The van der Waals surface area contributed by atoms with Crippen molar-refractivity contribution in [3.8, 4) is 0 Å². The maximum absolute atomic E-state index is 12.2. The Morgan fingerprint density at radius 1 is 1.21 bits per heavy atom. The average Bonchev–Trinajstić information content (AvgIpc) is 2.63. The predicted octanol–water partition coefficient (Wildman–Crippen LogP) is 3.01. The lowest BCUT2D eigenvalue weighted by molar-refractivity contribution is -0.384. The normalized spacial score (nSPS) is 11.1. The molecular weight excluding hydrogens is 362 g/mol. The minimum atomic E-state index is -0.529. The van der Waals surface area contributed by atoms with Gasteiger partial charge in [0.25, 0.3) is 5.69 Å². The molecule has 1 N–H and O–H groups in total. The van der Waals surface area contributed by atoms with Crippen molar-refractivity contribution < 1.29 is 14.1 Å². The zero-order chi connectivity index (χ0) is 20.3. The maximum atomic E-state index is 12.2. The van der Waals surface area contributed by atoms with Crippen LogP contribution in [0, 0.1) is 24.0 Å². The Morgan fingerprint density at radius 3 is 2.71 bits per heavy atom. The second-order valence-electron chi connectivity index (χ2n) is 6.35. The first-order valence-corrected chi connectivity index (χ1v) is 8.44. The molecule has 142 valence electrons. The van der Waals surface area contributed by atoms with E-state index < -0.39 is 16.5 Å². The predicted molar refractivity (Wildman–Crippen MR) is 104 cm³/mol. The van der Waals surface area contributed by atoms with E-state index in [1.807, 2.05) is 19.9 Å². The highest BCUT2D eigenvalue weighted by Gasteiger charge is 2.11. The average molecular weight is 379 g/mol. The van der Waals surface area contributed by atoms with Gasteiger partial charge in [-0.25, -0.2) is 10.2 Å². The SMILES string of the molecule is Cc1cc2oc(=O)cc(CC(=O)N/N=C/c3cccc([N+](=O)[O-])c3)c2cc1C. The fourth-order valence-electron chi connectivity index (χ4n) is 2.74. The number of hydrogen-bond acceptors (Lipinski definition) is 6. The van der Waals surface area contributed by atoms with E-state index in [9.17, 15) is 19.7 Å². The van der Waals surface area contributed by atoms with E-state index in [1.54, 1.807) is 12.1 Å². The summed E-state index contributed by atoms with van der Waals surface area (Å²) in [6.45, 7) is 3.85. The summed E-state index contributed by atoms with van der Waals surface area (Å²) in [4.78, 5) is 34.3. The molecule has 0 aliphatic heterocycles. The summed E-state index contributed by atoms with van der Waals surface area (Å²) in [5.74, 6) is -0.424. The minimum Gasteiger partial charge on any atom is -0.423 e. The molecule has 0 spiro atoms. The van der Waals surface area contributed by atoms with Crippen molar-refractivity contribution in [3.05, 3.63) is 85.3 Å². The van der Waals surface area contributed by atoms with Crippen molar-refractivity contribution in [3.63, 3.8) is 0 Å². The fourth-order valence-corrected chi connectivity index (χ4v) is 2.74. The van der Waals surface area contributed by atoms with Crippen LogP contribution >= 0.6 is 0 Å². The molecule has 3 rings (SSSR count). The number of aryl methyl sites for hydroxylation is 2. The first-order chi connectivity index (χ1) is 13.3. The Hall–Kier alpha value is -3.81. The lowest BCUT2D eigenvalue weighted by Crippen LogP contribution is -2.20. The molecule has 8 nitrogen and oxygen atoms in total. The van der Waals surface area contributed by atoms with Crippen molar-refractivity contribution in [2.24, 2.45) is 5.10 Å². The maximum Gasteiger partial charge on any atom is 0.336 e. The summed E-state index contributed by atoms with van der Waals surface area (Å²) in [6.07, 6.45) is 1.26. The third-order valence-electron chi connectivity index (χ3n) is 4.28. The molecule has 3 aromatic rings. The summed E-state index contributed by atoms with van der Waals surface area (Å²) in [5.41, 5.74) is 5.22. The fraction of sp³-hybridized carbons (Fsp3) is 0.150. The Balaban J connectivity index is 1.76. The van der Waals surface area contributed by atoms with Gasteiger partial charge in [-0.2, -0.15) is 5.10 Å². The molecule has 0 aliphatic rings. The molecule has 0 atom stereocenters. The van der Waals surface area contributed by atoms with Crippen molar-refractivity contribution >= 4 is 28.8 Å². The number of nitro groups is 1. The smallest absolute Gasteiger partial charge is 0.336 e. The number of amides is 1. The second kappa shape index (κ2) is 7.83. The Labute approximate surface area is 159 Å². The summed E-state index contributed by atoms with van der Waals surface area (Å²) in [5, 5.41) is 15.3. The molecule has 2 aromatic carbocycles. The van der Waals surface area contributed by atoms with Gasteiger partial charge in [-0.3, -0.25) is 14.9 Å². The van der Waals surface area contributed by atoms with Crippen molar-refractivity contribution in [1.82, 2.24) is 5.43 Å². The molecule has 0 bridgehead atoms. The van der Waals surface area contributed by atoms with E-state index >= 15 is 0 Å². The summed E-state index contributed by atoms with van der Waals surface area (Å²) in [6, 6.07) is 10.8. The molecule has 0 aliphatic carbocycles. The van der Waals surface area contributed by atoms with Gasteiger partial charge in [0.1, 0.15) is 5.58 Å². The van der Waals surface area contributed by atoms with Gasteiger partial charge in [-0.1, -0.05) is 12.1 Å². The van der Waals surface area contributed by atoms with Crippen LogP contribution in [0.5, 0.6) is 0 Å². The van der Waals surface area contributed by atoms with Crippen molar-refractivity contribution in [2.75, 3.05) is 0 Å². The molecule has 28 heavy (non-hydrogen) atoms. The van der Waals surface area contributed by atoms with Crippen molar-refractivity contribution in [1.29, 1.82) is 0 Å². The molecule has 0 saturated heterocycles. The molecule has 1 aromatic heterocycles. The number of carbonyl (C=O) groups is 1. The van der Waals surface area contributed by atoms with Crippen LogP contribution in [0.25, 0.3) is 11.0 Å². The van der Waals surface area contributed by atoms with E-state index in [0.717, 1.165) is 11.1 Å². The molecule has 0 saturated carbocycles. The van der Waals surface area contributed by atoms with Crippen molar-refractivity contribution in [2.45, 2.75) is 20.3 Å². The van der Waals surface area contributed by atoms with Crippen LogP contribution in [0.3, 0.4) is 0 Å². The topological polar surface area (TPSA) is 115 Å². The molecule has 0 radical (unpaired) electrons. The summed E-state index contributed by atoms with van der Waals surface area (Å²) >= 11 is 0. The molecule has 1 heterocycles. The van der Waals surface area contributed by atoms with E-state index in [-0.39, 0.29) is 12.1 Å². The number of nitrogens with zero attached hydrogens (tertiary/aromatic N) is 2. The molecule has 1 amide bonds. The van der Waals surface area contributed by atoms with E-state index in [4.69, 9.17) is 4.42 Å². The van der Waals surface area contributed by atoms with Gasteiger partial charge in [0.2, 0.25) is 5.91 Å². The van der Waals surface area contributed by atoms with Gasteiger partial charge in [-0.15, -0.1) is 0 Å². The number of rotatable bonds is 5. The number of non-ortho nitro benzene ring substituents is 1. The zero-order valence-corrected chi connectivity index (χ0v) is 15.3. The Bertz CT molecular complexity index is 1160. The lowest BCUT2D eigenvalue weighted by Gasteiger charge is -2.07. The highest BCUT2D eigenvalue weighted by molar-refractivity contribution is 5.88. The number of nitro benzene ring substituents is 1. The number of hydrogen-bond donors (Lipinski definition) is 1. The van der Waals surface area contributed by atoms with Gasteiger partial charge in [0.15, 0.2) is 0 Å². The lowest BCUT2D eigenvalue weighted by atomic mass is 10.0. The molecule has 0 unspecified atom stereocenters. The van der Waals surface area contributed by atoms with Crippen LogP contribution in [0.2, 0.25) is 0 Å². The Morgan fingerprint density at radius 2 is 1.96 bits per heavy atom. The summed E-state index contributed by atoms with van der Waals surface area (Å²) in [7, 11) is 0. The zero-order valence-electron chi connectivity index (χ0n) is 15.3. The molecule has 8 heteroatoms. The first kappa shape index (κ1) is 19.0. The van der Waals surface area contributed by atoms with Gasteiger partial charge < -0.3 is 4.42 Å². The molecule has 0 fully saturated rings. The number of carbonyl (C=O) groups excluding carboxylic acids is 1. The number of fused-ring (bicyclic) bond motifs is 1. The molecular formula is C20H17N3O5. The third kappa shape index (κ3) is 4.29. The quantitative estimate of drug-likeness (QED) is 0.317. The Kier molecular flexibility index (Phi) is 5.30. The van der Waals surface area contributed by atoms with Gasteiger partial charge in [0.05, 0.1) is 17.6 Å². The largest absolute Gasteiger partial charge is 0.423 e. The van der Waals surface area contributed by atoms with Crippen LogP contribution in [0.15, 0.2) is 56.8 Å². The number of nitrogens with one attached hydrogen (secondary N) is 1. The van der Waals surface area contributed by atoms with Crippen LogP contribution in [-0.2, 0) is 11.2 Å². The van der Waals surface area contributed by atoms with Crippen LogP contribution in [-0.4, -0.2) is 17.0 Å². The standard InChI is InChI=1S/C20H17N3O5/c1-12-6-17-15(10-20(25)28-18(17)7-13(12)2)9-19(24)22-21-11-14-4-3-5-16(8-14)23(26)27/h3-8,10-11H,9H2,1-2H3,(H,22,24)/b21-11+. The van der Waals surface area contributed by atoms with Gasteiger partial charge >= 0.3 is 5.63 Å². The highest BCUT2D eigenvalue weighted by atomic mass is 16.6. The second-order valence-corrected chi connectivity index (χ2v) is 6.35.